The number of amides is 1. The van der Waals surface area contributed by atoms with E-state index in [1.54, 1.807) is 6.92 Å². The molecule has 18 heavy (non-hydrogen) atoms. The van der Waals surface area contributed by atoms with Gasteiger partial charge in [-0.2, -0.15) is 0 Å². The molecule has 0 aromatic heterocycles. The lowest BCUT2D eigenvalue weighted by Gasteiger charge is -2.15. The van der Waals surface area contributed by atoms with Gasteiger partial charge in [-0.15, -0.1) is 0 Å². The third-order valence-electron chi connectivity index (χ3n) is 2.49. The highest BCUT2D eigenvalue weighted by atomic mass is 32.1. The molecule has 0 fully saturated rings. The van der Waals surface area contributed by atoms with Gasteiger partial charge in [-0.1, -0.05) is 25.2 Å². The minimum Gasteiger partial charge on any atom is -0.392 e. The Morgan fingerprint density at radius 1 is 1.44 bits per heavy atom. The number of hydrogen-bond donors (Lipinski definition) is 2. The summed E-state index contributed by atoms with van der Waals surface area (Å²) in [5.74, 6) is -2.00. The minimum absolute atomic E-state index is 0.153. The number of halogens is 2. The first-order chi connectivity index (χ1) is 8.45. The smallest absolute Gasteiger partial charge is 0.225 e. The Hall–Kier alpha value is -1.56. The second-order valence-corrected chi connectivity index (χ2v) is 4.28. The first-order valence-electron chi connectivity index (χ1n) is 5.47. The van der Waals surface area contributed by atoms with Gasteiger partial charge in [0, 0.05) is 5.56 Å². The lowest BCUT2D eigenvalue weighted by atomic mass is 10.1. The zero-order chi connectivity index (χ0) is 13.7. The Morgan fingerprint density at radius 2 is 2.00 bits per heavy atom. The molecule has 3 nitrogen and oxygen atoms in total. The molecule has 1 aromatic carbocycles. The van der Waals surface area contributed by atoms with Crippen molar-refractivity contribution in [1.29, 1.82) is 0 Å². The van der Waals surface area contributed by atoms with Crippen LogP contribution in [0.5, 0.6) is 0 Å². The number of thiocarbonyl (C=S) groups is 1. The van der Waals surface area contributed by atoms with E-state index in [-0.39, 0.29) is 17.0 Å². The van der Waals surface area contributed by atoms with Gasteiger partial charge in [-0.25, -0.2) is 8.78 Å². The molecule has 1 rings (SSSR count). The lowest BCUT2D eigenvalue weighted by Crippen LogP contribution is -2.43. The van der Waals surface area contributed by atoms with E-state index in [1.807, 2.05) is 0 Å². The third kappa shape index (κ3) is 3.73. The summed E-state index contributed by atoms with van der Waals surface area (Å²) < 4.78 is 26.6. The number of hydrogen-bond acceptors (Lipinski definition) is 2. The highest BCUT2D eigenvalue weighted by Crippen LogP contribution is 2.12. The summed E-state index contributed by atoms with van der Waals surface area (Å²) in [4.78, 5) is 11.8. The Balaban J connectivity index is 2.73. The lowest BCUT2D eigenvalue weighted by molar-refractivity contribution is -0.120. The van der Waals surface area contributed by atoms with E-state index in [0.29, 0.717) is 6.42 Å². The maximum Gasteiger partial charge on any atom is 0.225 e. The van der Waals surface area contributed by atoms with Gasteiger partial charge < -0.3 is 11.1 Å². The van der Waals surface area contributed by atoms with E-state index in [9.17, 15) is 13.6 Å². The fourth-order valence-corrected chi connectivity index (χ4v) is 1.71. The topological polar surface area (TPSA) is 55.1 Å². The van der Waals surface area contributed by atoms with Crippen LogP contribution in [0.3, 0.4) is 0 Å². The minimum atomic E-state index is -0.742. The SMILES string of the molecule is CCC(NC(=O)Cc1c(F)cccc1F)C(N)=S. The van der Waals surface area contributed by atoms with Crippen LogP contribution in [-0.2, 0) is 11.2 Å². The van der Waals surface area contributed by atoms with Crippen molar-refractivity contribution < 1.29 is 13.6 Å². The van der Waals surface area contributed by atoms with Crippen molar-refractivity contribution >= 4 is 23.1 Å². The maximum atomic E-state index is 13.3. The molecular weight excluding hydrogens is 258 g/mol. The summed E-state index contributed by atoms with van der Waals surface area (Å²) in [6.07, 6.45) is 0.151. The third-order valence-corrected chi connectivity index (χ3v) is 2.77. The molecular formula is C12H14F2N2OS. The summed E-state index contributed by atoms with van der Waals surface area (Å²) in [6, 6.07) is 3.01. The van der Waals surface area contributed by atoms with E-state index >= 15 is 0 Å². The molecule has 0 spiro atoms. The van der Waals surface area contributed by atoms with Crippen LogP contribution < -0.4 is 11.1 Å². The molecule has 0 aliphatic rings. The van der Waals surface area contributed by atoms with Gasteiger partial charge in [0.05, 0.1) is 17.5 Å². The van der Waals surface area contributed by atoms with Crippen molar-refractivity contribution in [2.24, 2.45) is 5.73 Å². The van der Waals surface area contributed by atoms with Crippen LogP contribution in [0.25, 0.3) is 0 Å². The van der Waals surface area contributed by atoms with Crippen LogP contribution in [0.1, 0.15) is 18.9 Å². The molecule has 0 bridgehead atoms. The second-order valence-electron chi connectivity index (χ2n) is 3.81. The van der Waals surface area contributed by atoms with Crippen molar-refractivity contribution in [3.05, 3.63) is 35.4 Å². The quantitative estimate of drug-likeness (QED) is 0.802. The van der Waals surface area contributed by atoms with E-state index in [4.69, 9.17) is 18.0 Å². The van der Waals surface area contributed by atoms with Crippen LogP contribution in [0.15, 0.2) is 18.2 Å². The van der Waals surface area contributed by atoms with Crippen LogP contribution in [0.4, 0.5) is 8.78 Å². The monoisotopic (exact) mass is 272 g/mol. The molecule has 0 saturated carbocycles. The summed E-state index contributed by atoms with van der Waals surface area (Å²) >= 11 is 4.77. The fraction of sp³-hybridized carbons (Fsp3) is 0.333. The summed E-state index contributed by atoms with van der Waals surface area (Å²) in [6.45, 7) is 1.80. The molecule has 1 unspecified atom stereocenters. The van der Waals surface area contributed by atoms with Crippen molar-refractivity contribution in [1.82, 2.24) is 5.32 Å². The Morgan fingerprint density at radius 3 is 2.44 bits per heavy atom. The summed E-state index contributed by atoms with van der Waals surface area (Å²) in [5, 5.41) is 2.53. The van der Waals surface area contributed by atoms with Crippen molar-refractivity contribution in [2.45, 2.75) is 25.8 Å². The Labute approximate surface area is 109 Å². The molecule has 6 heteroatoms. The van der Waals surface area contributed by atoms with Gasteiger partial charge in [0.15, 0.2) is 0 Å². The van der Waals surface area contributed by atoms with E-state index < -0.39 is 23.6 Å². The Bertz CT molecular complexity index is 445. The number of rotatable bonds is 5. The predicted molar refractivity (Wildman–Crippen MR) is 69.1 cm³/mol. The average molecular weight is 272 g/mol. The largest absolute Gasteiger partial charge is 0.392 e. The second kappa shape index (κ2) is 6.39. The number of nitrogens with one attached hydrogen (secondary N) is 1. The molecule has 0 saturated heterocycles. The van der Waals surface area contributed by atoms with Gasteiger partial charge in [0.2, 0.25) is 5.91 Å². The number of carbonyl (C=O) groups excluding carboxylic acids is 1. The van der Waals surface area contributed by atoms with Crippen LogP contribution >= 0.6 is 12.2 Å². The molecule has 1 aromatic rings. The molecule has 0 aliphatic heterocycles. The van der Waals surface area contributed by atoms with Gasteiger partial charge in [0.25, 0.3) is 0 Å². The number of carbonyl (C=O) groups is 1. The van der Waals surface area contributed by atoms with Crippen LogP contribution in [-0.4, -0.2) is 16.9 Å². The zero-order valence-electron chi connectivity index (χ0n) is 9.87. The number of nitrogens with two attached hydrogens (primary N) is 1. The van der Waals surface area contributed by atoms with Gasteiger partial charge >= 0.3 is 0 Å². The molecule has 3 N–H and O–H groups in total. The van der Waals surface area contributed by atoms with E-state index in [0.717, 1.165) is 12.1 Å². The van der Waals surface area contributed by atoms with E-state index in [2.05, 4.69) is 5.32 Å². The first-order valence-corrected chi connectivity index (χ1v) is 5.88. The molecule has 0 aliphatic carbocycles. The summed E-state index contributed by atoms with van der Waals surface area (Å²) in [5.41, 5.74) is 5.16. The molecule has 0 heterocycles. The average Bonchev–Trinajstić information content (AvgIpc) is 2.30. The van der Waals surface area contributed by atoms with Crippen molar-refractivity contribution in [3.8, 4) is 0 Å². The van der Waals surface area contributed by atoms with E-state index in [1.165, 1.54) is 6.07 Å². The molecule has 1 atom stereocenters. The standard InChI is InChI=1S/C12H14F2N2OS/c1-2-10(12(15)18)16-11(17)6-7-8(13)4-3-5-9(7)14/h3-5,10H,2,6H2,1H3,(H2,15,18)(H,16,17). The van der Waals surface area contributed by atoms with Gasteiger partial charge in [0.1, 0.15) is 11.6 Å². The maximum absolute atomic E-state index is 13.3. The van der Waals surface area contributed by atoms with Crippen molar-refractivity contribution in [2.75, 3.05) is 0 Å². The number of benzene rings is 1. The summed E-state index contributed by atoms with van der Waals surface area (Å²) in [7, 11) is 0. The Kier molecular flexibility index (Phi) is 5.15. The highest BCUT2D eigenvalue weighted by Gasteiger charge is 2.16. The fourth-order valence-electron chi connectivity index (χ4n) is 1.48. The van der Waals surface area contributed by atoms with Crippen molar-refractivity contribution in [3.63, 3.8) is 0 Å². The van der Waals surface area contributed by atoms with Crippen LogP contribution in [0, 0.1) is 11.6 Å². The van der Waals surface area contributed by atoms with Gasteiger partial charge in [-0.05, 0) is 18.6 Å². The molecule has 1 amide bonds. The normalized spacial score (nSPS) is 11.9. The molecule has 0 radical (unpaired) electrons. The highest BCUT2D eigenvalue weighted by molar-refractivity contribution is 7.80. The van der Waals surface area contributed by atoms with Crippen LogP contribution in [0.2, 0.25) is 0 Å². The van der Waals surface area contributed by atoms with Gasteiger partial charge in [-0.3, -0.25) is 4.79 Å². The molecule has 98 valence electrons. The first kappa shape index (κ1) is 14.5. The zero-order valence-corrected chi connectivity index (χ0v) is 10.7. The predicted octanol–water partition coefficient (Wildman–Crippen LogP) is 1.69.